The van der Waals surface area contributed by atoms with Crippen LogP contribution in [-0.2, 0) is 0 Å². The number of rotatable bonds is 3. The number of hydrogen-bond acceptors (Lipinski definition) is 5. The first kappa shape index (κ1) is 17.3. The van der Waals surface area contributed by atoms with Gasteiger partial charge in [-0.25, -0.2) is 9.59 Å². The van der Waals surface area contributed by atoms with Gasteiger partial charge in [0, 0.05) is 11.1 Å². The van der Waals surface area contributed by atoms with Crippen LogP contribution in [0.5, 0.6) is 0 Å². The fraction of sp³-hybridized carbons (Fsp3) is 0. The molecule has 0 spiro atoms. The van der Waals surface area contributed by atoms with Gasteiger partial charge in [0.15, 0.2) is 0 Å². The van der Waals surface area contributed by atoms with Crippen LogP contribution in [0.4, 0.5) is 5.82 Å². The van der Waals surface area contributed by atoms with E-state index in [2.05, 4.69) is 0 Å². The maximum absolute atomic E-state index is 11.9. The molecule has 0 aliphatic rings. The molecule has 1 aromatic heterocycles. The second-order valence-electron chi connectivity index (χ2n) is 4.53. The van der Waals surface area contributed by atoms with Crippen molar-refractivity contribution in [2.45, 2.75) is 0 Å². The summed E-state index contributed by atoms with van der Waals surface area (Å²) in [5, 5.41) is 27.1. The summed E-state index contributed by atoms with van der Waals surface area (Å²) in [6.45, 7) is 0. The standard InChI is InChI=1S/C14H7Cl2N3O5/c15-5-1-4(3-17)2-6(16)7(5)8-9(13(21)22)11(18)19-12(20)10(8)14(23)24/h1-2H,(H,21,22)(H,23,24)(H3,18,19,20). The number of nitrogens with two attached hydrogens (primary N) is 1. The smallest absolute Gasteiger partial charge is 0.342 e. The predicted molar refractivity (Wildman–Crippen MR) is 85.6 cm³/mol. The molecule has 0 aliphatic carbocycles. The van der Waals surface area contributed by atoms with Gasteiger partial charge in [-0.2, -0.15) is 5.26 Å². The number of benzene rings is 1. The molecular weight excluding hydrogens is 361 g/mol. The van der Waals surface area contributed by atoms with Crippen LogP contribution in [-0.4, -0.2) is 27.1 Å². The molecule has 0 amide bonds. The molecule has 0 saturated carbocycles. The third-order valence-electron chi connectivity index (χ3n) is 3.09. The summed E-state index contributed by atoms with van der Waals surface area (Å²) in [7, 11) is 0. The van der Waals surface area contributed by atoms with Crippen LogP contribution in [0.2, 0.25) is 10.0 Å². The Morgan fingerprint density at radius 1 is 1.08 bits per heavy atom. The minimum absolute atomic E-state index is 0.0697. The molecule has 1 aromatic carbocycles. The molecule has 0 bridgehead atoms. The number of H-pyrrole nitrogens is 1. The van der Waals surface area contributed by atoms with Gasteiger partial charge >= 0.3 is 11.9 Å². The van der Waals surface area contributed by atoms with Gasteiger partial charge < -0.3 is 20.9 Å². The van der Waals surface area contributed by atoms with Gasteiger partial charge in [0.2, 0.25) is 0 Å². The van der Waals surface area contributed by atoms with Crippen molar-refractivity contribution in [3.05, 3.63) is 49.2 Å². The van der Waals surface area contributed by atoms with E-state index >= 15 is 0 Å². The Labute approximate surface area is 143 Å². The Kier molecular flexibility index (Phi) is 4.50. The second-order valence-corrected chi connectivity index (χ2v) is 5.34. The van der Waals surface area contributed by atoms with Crippen LogP contribution in [0.3, 0.4) is 0 Å². The first-order valence-electron chi connectivity index (χ1n) is 6.10. The lowest BCUT2D eigenvalue weighted by atomic mass is 9.94. The Morgan fingerprint density at radius 2 is 1.58 bits per heavy atom. The summed E-state index contributed by atoms with van der Waals surface area (Å²) in [6, 6.07) is 4.12. The normalized spacial score (nSPS) is 10.2. The molecule has 0 radical (unpaired) electrons. The van der Waals surface area contributed by atoms with Crippen molar-refractivity contribution >= 4 is 41.0 Å². The monoisotopic (exact) mass is 367 g/mol. The molecule has 2 rings (SSSR count). The third kappa shape index (κ3) is 2.78. The highest BCUT2D eigenvalue weighted by atomic mass is 35.5. The minimum Gasteiger partial charge on any atom is -0.478 e. The lowest BCUT2D eigenvalue weighted by molar-refractivity contribution is 0.0695. The highest BCUT2D eigenvalue weighted by Gasteiger charge is 2.29. The largest absolute Gasteiger partial charge is 0.478 e. The number of carboxylic acids is 2. The Bertz CT molecular complexity index is 968. The van der Waals surface area contributed by atoms with Crippen molar-refractivity contribution in [3.63, 3.8) is 0 Å². The SMILES string of the molecule is N#Cc1cc(Cl)c(-c2c(C(=O)O)c(N)[nH]c(=O)c2C(=O)O)c(Cl)c1. The second kappa shape index (κ2) is 6.23. The van der Waals surface area contributed by atoms with Crippen LogP contribution in [0, 0.1) is 11.3 Å². The number of carbonyl (C=O) groups is 2. The fourth-order valence-corrected chi connectivity index (χ4v) is 2.85. The number of halogens is 2. The van der Waals surface area contributed by atoms with Gasteiger partial charge in [-0.15, -0.1) is 0 Å². The van der Waals surface area contributed by atoms with Crippen LogP contribution in [0.1, 0.15) is 26.3 Å². The molecule has 0 aliphatic heterocycles. The molecule has 0 atom stereocenters. The highest BCUT2D eigenvalue weighted by molar-refractivity contribution is 6.40. The van der Waals surface area contributed by atoms with Crippen molar-refractivity contribution in [2.75, 3.05) is 5.73 Å². The van der Waals surface area contributed by atoms with Gasteiger partial charge in [0.1, 0.15) is 16.9 Å². The van der Waals surface area contributed by atoms with E-state index < -0.39 is 40.0 Å². The zero-order chi connectivity index (χ0) is 18.2. The van der Waals surface area contributed by atoms with Gasteiger partial charge in [0.25, 0.3) is 5.56 Å². The van der Waals surface area contributed by atoms with Gasteiger partial charge in [-0.05, 0) is 12.1 Å². The lowest BCUT2D eigenvalue weighted by Crippen LogP contribution is -2.24. The number of nitriles is 1. The van der Waals surface area contributed by atoms with E-state index in [4.69, 9.17) is 34.2 Å². The number of aromatic nitrogens is 1. The first-order chi connectivity index (χ1) is 11.2. The minimum atomic E-state index is -1.69. The van der Waals surface area contributed by atoms with E-state index in [1.165, 1.54) is 0 Å². The molecule has 0 fully saturated rings. The molecule has 0 saturated heterocycles. The van der Waals surface area contributed by atoms with E-state index in [1.54, 1.807) is 6.07 Å². The molecule has 8 nitrogen and oxygen atoms in total. The van der Waals surface area contributed by atoms with E-state index in [0.717, 1.165) is 12.1 Å². The first-order valence-corrected chi connectivity index (χ1v) is 6.86. The summed E-state index contributed by atoms with van der Waals surface area (Å²) in [6.07, 6.45) is 0. The number of aromatic amines is 1. The van der Waals surface area contributed by atoms with E-state index in [9.17, 15) is 24.6 Å². The fourth-order valence-electron chi connectivity index (χ4n) is 2.17. The summed E-state index contributed by atoms with van der Waals surface area (Å²) in [5.74, 6) is -3.83. The van der Waals surface area contributed by atoms with Gasteiger partial charge in [0.05, 0.1) is 21.7 Å². The van der Waals surface area contributed by atoms with Crippen LogP contribution in [0.15, 0.2) is 16.9 Å². The van der Waals surface area contributed by atoms with Crippen LogP contribution in [0.25, 0.3) is 11.1 Å². The maximum Gasteiger partial charge on any atom is 0.342 e. The van der Waals surface area contributed by atoms with Crippen molar-refractivity contribution in [1.29, 1.82) is 5.26 Å². The molecular formula is C14H7Cl2N3O5. The average molecular weight is 368 g/mol. The molecule has 24 heavy (non-hydrogen) atoms. The topological polar surface area (TPSA) is 157 Å². The van der Waals surface area contributed by atoms with Crippen molar-refractivity contribution in [1.82, 2.24) is 4.98 Å². The van der Waals surface area contributed by atoms with Crippen molar-refractivity contribution in [2.24, 2.45) is 0 Å². The quantitative estimate of drug-likeness (QED) is 0.646. The van der Waals surface area contributed by atoms with E-state index in [0.29, 0.717) is 0 Å². The molecule has 122 valence electrons. The van der Waals surface area contributed by atoms with E-state index in [-0.39, 0.29) is 21.2 Å². The number of hydrogen-bond donors (Lipinski definition) is 4. The number of anilines is 1. The number of nitrogens with zero attached hydrogens (tertiary/aromatic N) is 1. The third-order valence-corrected chi connectivity index (χ3v) is 3.69. The summed E-state index contributed by atoms with van der Waals surface area (Å²) < 4.78 is 0. The number of pyridine rings is 1. The summed E-state index contributed by atoms with van der Waals surface area (Å²) in [5.41, 5.74) is 2.18. The number of carboxylic acid groups (broad SMARTS) is 2. The molecule has 2 aromatic rings. The molecule has 10 heteroatoms. The van der Waals surface area contributed by atoms with Crippen LogP contribution >= 0.6 is 23.2 Å². The highest BCUT2D eigenvalue weighted by Crippen LogP contribution is 2.39. The number of nitrogens with one attached hydrogen (secondary N) is 1. The maximum atomic E-state index is 11.9. The summed E-state index contributed by atoms with van der Waals surface area (Å²) >= 11 is 12.1. The van der Waals surface area contributed by atoms with E-state index in [1.807, 2.05) is 4.98 Å². The lowest BCUT2D eigenvalue weighted by Gasteiger charge is -2.14. The molecule has 1 heterocycles. The van der Waals surface area contributed by atoms with Crippen LogP contribution < -0.4 is 11.3 Å². The van der Waals surface area contributed by atoms with Gasteiger partial charge in [-0.1, -0.05) is 23.2 Å². The number of nitrogen functional groups attached to an aromatic ring is 1. The predicted octanol–water partition coefficient (Wildman–Crippen LogP) is 2.20. The summed E-state index contributed by atoms with van der Waals surface area (Å²) in [4.78, 5) is 36.9. The zero-order valence-corrected chi connectivity index (χ0v) is 13.1. The Balaban J connectivity index is 3.09. The van der Waals surface area contributed by atoms with Crippen molar-refractivity contribution < 1.29 is 19.8 Å². The number of aromatic carboxylic acids is 2. The molecule has 0 unspecified atom stereocenters. The zero-order valence-electron chi connectivity index (χ0n) is 11.6. The molecule has 5 N–H and O–H groups in total. The Morgan fingerprint density at radius 3 is 2.00 bits per heavy atom. The van der Waals surface area contributed by atoms with Gasteiger partial charge in [-0.3, -0.25) is 4.79 Å². The Hall–Kier alpha value is -3.02. The average Bonchev–Trinajstić information content (AvgIpc) is 2.44. The van der Waals surface area contributed by atoms with Crippen molar-refractivity contribution in [3.8, 4) is 17.2 Å².